The van der Waals surface area contributed by atoms with Crippen LogP contribution >= 0.6 is 11.8 Å². The predicted molar refractivity (Wildman–Crippen MR) is 115 cm³/mol. The van der Waals surface area contributed by atoms with E-state index in [0.717, 1.165) is 5.69 Å². The summed E-state index contributed by atoms with van der Waals surface area (Å²) in [5, 5.41) is 14.8. The number of carbonyl (C=O) groups is 1. The average Bonchev–Trinajstić information content (AvgIpc) is 3.28. The molecule has 10 nitrogen and oxygen atoms in total. The van der Waals surface area contributed by atoms with Crippen LogP contribution in [-0.4, -0.2) is 70.9 Å². The molecule has 31 heavy (non-hydrogen) atoms. The van der Waals surface area contributed by atoms with Gasteiger partial charge in [0.25, 0.3) is 0 Å². The predicted octanol–water partition coefficient (Wildman–Crippen LogP) is 1.41. The van der Waals surface area contributed by atoms with E-state index in [9.17, 15) is 13.2 Å². The molecule has 2 heterocycles. The number of ether oxygens (including phenoxy) is 1. The number of sulfonamides is 1. The van der Waals surface area contributed by atoms with Gasteiger partial charge in [0.2, 0.25) is 21.1 Å². The molecule has 0 atom stereocenters. The summed E-state index contributed by atoms with van der Waals surface area (Å²) in [6.07, 6.45) is 0. The van der Waals surface area contributed by atoms with Gasteiger partial charge in [-0.1, -0.05) is 30.0 Å². The van der Waals surface area contributed by atoms with Crippen LogP contribution in [0.15, 0.2) is 64.6 Å². The van der Waals surface area contributed by atoms with Crippen LogP contribution < -0.4 is 5.32 Å². The van der Waals surface area contributed by atoms with Gasteiger partial charge in [-0.25, -0.2) is 8.42 Å². The molecule has 1 aliphatic rings. The number of hydrogen-bond acceptors (Lipinski definition) is 8. The topological polar surface area (TPSA) is 119 Å². The number of benzene rings is 2. The Hall–Kier alpha value is -2.80. The van der Waals surface area contributed by atoms with Crippen molar-refractivity contribution in [2.45, 2.75) is 10.1 Å². The summed E-state index contributed by atoms with van der Waals surface area (Å²) >= 11 is 1.20. The maximum absolute atomic E-state index is 12.7. The van der Waals surface area contributed by atoms with Crippen molar-refractivity contribution in [1.29, 1.82) is 0 Å². The SMILES string of the molecule is O=C(CSc1nnnn1-c1ccccc1)Nc1ccc(S(=O)(=O)N2CCOCC2)cc1. The summed E-state index contributed by atoms with van der Waals surface area (Å²) in [7, 11) is -3.57. The number of para-hydroxylation sites is 1. The lowest BCUT2D eigenvalue weighted by Gasteiger charge is -2.26. The van der Waals surface area contributed by atoms with Gasteiger partial charge >= 0.3 is 0 Å². The van der Waals surface area contributed by atoms with E-state index in [4.69, 9.17) is 4.74 Å². The highest BCUT2D eigenvalue weighted by atomic mass is 32.2. The third-order valence-electron chi connectivity index (χ3n) is 4.52. The minimum Gasteiger partial charge on any atom is -0.379 e. The van der Waals surface area contributed by atoms with Gasteiger partial charge in [-0.3, -0.25) is 4.79 Å². The molecule has 0 saturated carbocycles. The zero-order chi connectivity index (χ0) is 21.7. The molecule has 162 valence electrons. The van der Waals surface area contributed by atoms with Gasteiger partial charge in [-0.05, 0) is 46.8 Å². The number of hydrogen-bond donors (Lipinski definition) is 1. The smallest absolute Gasteiger partial charge is 0.243 e. The van der Waals surface area contributed by atoms with Crippen LogP contribution in [0.5, 0.6) is 0 Å². The lowest BCUT2D eigenvalue weighted by molar-refractivity contribution is -0.113. The number of thioether (sulfide) groups is 1. The number of anilines is 1. The van der Waals surface area contributed by atoms with E-state index < -0.39 is 10.0 Å². The van der Waals surface area contributed by atoms with E-state index in [0.29, 0.717) is 37.1 Å². The molecule has 12 heteroatoms. The van der Waals surface area contributed by atoms with Crippen molar-refractivity contribution in [3.05, 3.63) is 54.6 Å². The zero-order valence-corrected chi connectivity index (χ0v) is 18.1. The first-order chi connectivity index (χ1) is 15.0. The molecular formula is C19H20N6O4S2. The zero-order valence-electron chi connectivity index (χ0n) is 16.4. The monoisotopic (exact) mass is 460 g/mol. The number of carbonyl (C=O) groups excluding carboxylic acids is 1. The molecule has 1 N–H and O–H groups in total. The molecule has 1 saturated heterocycles. The van der Waals surface area contributed by atoms with Crippen LogP contribution in [0.25, 0.3) is 5.69 Å². The maximum atomic E-state index is 12.7. The summed E-state index contributed by atoms with van der Waals surface area (Å²) in [4.78, 5) is 12.5. The van der Waals surface area contributed by atoms with Gasteiger partial charge in [0.05, 0.1) is 29.5 Å². The molecule has 1 amide bonds. The van der Waals surface area contributed by atoms with E-state index in [1.54, 1.807) is 16.8 Å². The summed E-state index contributed by atoms with van der Waals surface area (Å²) in [6.45, 7) is 1.44. The third-order valence-corrected chi connectivity index (χ3v) is 7.35. The third kappa shape index (κ3) is 5.10. The van der Waals surface area contributed by atoms with Crippen LogP contribution in [0.2, 0.25) is 0 Å². The molecule has 3 aromatic rings. The van der Waals surface area contributed by atoms with Gasteiger partial charge in [0, 0.05) is 18.8 Å². The number of nitrogens with one attached hydrogen (secondary N) is 1. The molecule has 0 bridgehead atoms. The second kappa shape index (κ2) is 9.56. The van der Waals surface area contributed by atoms with Crippen molar-refractivity contribution in [1.82, 2.24) is 24.5 Å². The number of aromatic nitrogens is 4. The van der Waals surface area contributed by atoms with Crippen LogP contribution in [0.4, 0.5) is 5.69 Å². The van der Waals surface area contributed by atoms with Gasteiger partial charge in [0.1, 0.15) is 0 Å². The van der Waals surface area contributed by atoms with Gasteiger partial charge in [0.15, 0.2) is 0 Å². The van der Waals surface area contributed by atoms with Gasteiger partial charge in [-0.15, -0.1) is 5.10 Å². The first-order valence-corrected chi connectivity index (χ1v) is 11.9. The van der Waals surface area contributed by atoms with E-state index in [1.165, 1.54) is 28.2 Å². The molecular weight excluding hydrogens is 440 g/mol. The van der Waals surface area contributed by atoms with Crippen molar-refractivity contribution in [2.24, 2.45) is 0 Å². The van der Waals surface area contributed by atoms with Crippen LogP contribution in [0.1, 0.15) is 0 Å². The Morgan fingerprint density at radius 3 is 2.48 bits per heavy atom. The summed E-state index contributed by atoms with van der Waals surface area (Å²) in [5.74, 6) is -0.155. The Balaban J connectivity index is 1.35. The first-order valence-electron chi connectivity index (χ1n) is 9.48. The van der Waals surface area contributed by atoms with E-state index in [1.807, 2.05) is 30.3 Å². The van der Waals surface area contributed by atoms with Crippen molar-refractivity contribution in [3.63, 3.8) is 0 Å². The summed E-state index contributed by atoms with van der Waals surface area (Å²) in [6, 6.07) is 15.5. The molecule has 0 aliphatic carbocycles. The normalized spacial score (nSPS) is 15.0. The van der Waals surface area contributed by atoms with E-state index >= 15 is 0 Å². The van der Waals surface area contributed by atoms with Crippen LogP contribution in [-0.2, 0) is 19.6 Å². The fraction of sp³-hybridized carbons (Fsp3) is 0.263. The highest BCUT2D eigenvalue weighted by Gasteiger charge is 2.26. The molecule has 1 aliphatic heterocycles. The number of rotatable bonds is 7. The van der Waals surface area contributed by atoms with Crippen molar-refractivity contribution in [3.8, 4) is 5.69 Å². The Morgan fingerprint density at radius 1 is 1.06 bits per heavy atom. The average molecular weight is 461 g/mol. The highest BCUT2D eigenvalue weighted by Crippen LogP contribution is 2.21. The maximum Gasteiger partial charge on any atom is 0.243 e. The van der Waals surface area contributed by atoms with Crippen LogP contribution in [0.3, 0.4) is 0 Å². The molecule has 2 aromatic carbocycles. The Labute approximate surface area is 183 Å². The van der Waals surface area contributed by atoms with Gasteiger partial charge in [-0.2, -0.15) is 8.99 Å². The minimum atomic E-state index is -3.57. The Bertz CT molecular complexity index is 1130. The molecule has 1 fully saturated rings. The lowest BCUT2D eigenvalue weighted by Crippen LogP contribution is -2.40. The molecule has 0 radical (unpaired) electrons. The molecule has 1 aromatic heterocycles. The van der Waals surface area contributed by atoms with Crippen molar-refractivity contribution >= 4 is 33.4 Å². The number of morpholine rings is 1. The van der Waals surface area contributed by atoms with Crippen molar-refractivity contribution < 1.29 is 17.9 Å². The fourth-order valence-electron chi connectivity index (χ4n) is 2.97. The standard InChI is InChI=1S/C19H20N6O4S2/c26-18(14-30-19-21-22-23-25(19)16-4-2-1-3-5-16)20-15-6-8-17(9-7-15)31(27,28)24-10-12-29-13-11-24/h1-9H,10-14H2,(H,20,26). The number of tetrazole rings is 1. The Morgan fingerprint density at radius 2 is 1.77 bits per heavy atom. The van der Waals surface area contributed by atoms with Crippen molar-refractivity contribution in [2.75, 3.05) is 37.4 Å². The largest absolute Gasteiger partial charge is 0.379 e. The summed E-state index contributed by atoms with van der Waals surface area (Å²) in [5.41, 5.74) is 1.31. The van der Waals surface area contributed by atoms with Crippen LogP contribution in [0, 0.1) is 0 Å². The van der Waals surface area contributed by atoms with E-state index in [-0.39, 0.29) is 16.6 Å². The first kappa shape index (κ1) is 21.4. The fourth-order valence-corrected chi connectivity index (χ4v) is 5.07. The number of nitrogens with zero attached hydrogens (tertiary/aromatic N) is 5. The second-order valence-corrected chi connectivity index (χ2v) is 9.47. The van der Waals surface area contributed by atoms with E-state index in [2.05, 4.69) is 20.8 Å². The molecule has 0 unspecified atom stereocenters. The highest BCUT2D eigenvalue weighted by molar-refractivity contribution is 7.99. The molecule has 4 rings (SSSR count). The van der Waals surface area contributed by atoms with Gasteiger partial charge < -0.3 is 10.1 Å². The second-order valence-electron chi connectivity index (χ2n) is 6.59. The quantitative estimate of drug-likeness (QED) is 0.526. The summed E-state index contributed by atoms with van der Waals surface area (Å²) < 4.78 is 33.5. The number of amides is 1. The minimum absolute atomic E-state index is 0.0982. The molecule has 0 spiro atoms. The lowest BCUT2D eigenvalue weighted by atomic mass is 10.3. The Kier molecular flexibility index (Phi) is 6.61.